The number of rotatable bonds is 2. The minimum Gasteiger partial charge on any atom is -0.355 e. The molecule has 4 aromatic rings. The summed E-state index contributed by atoms with van der Waals surface area (Å²) < 4.78 is 40.1. The molecule has 4 N–H and O–H groups in total. The first-order valence-electron chi connectivity index (χ1n) is 12.0. The van der Waals surface area contributed by atoms with Crippen molar-refractivity contribution in [1.82, 2.24) is 20.2 Å². The lowest BCUT2D eigenvalue weighted by Crippen LogP contribution is -2.07. The zero-order valence-corrected chi connectivity index (χ0v) is 19.9. The molecule has 10 heteroatoms. The SMILES string of the molecule is Cc1cc2nc(n1)Nc1ccc(cc1)/C(Nc1cccc(C(F)(F)F)c1)=C1\CCC(C1)c1cc(n[nH]1)N2. The molecule has 1 fully saturated rings. The molecule has 2 aliphatic heterocycles. The summed E-state index contributed by atoms with van der Waals surface area (Å²) in [7, 11) is 0. The Labute approximate surface area is 211 Å². The summed E-state index contributed by atoms with van der Waals surface area (Å²) >= 11 is 0. The zero-order chi connectivity index (χ0) is 25.6. The van der Waals surface area contributed by atoms with Gasteiger partial charge in [-0.25, -0.2) is 4.98 Å². The maximum atomic E-state index is 13.4. The predicted molar refractivity (Wildman–Crippen MR) is 137 cm³/mol. The number of nitrogens with zero attached hydrogens (tertiary/aromatic N) is 3. The Kier molecular flexibility index (Phi) is 5.58. The molecular weight excluding hydrogens is 479 g/mol. The van der Waals surface area contributed by atoms with E-state index < -0.39 is 11.7 Å². The molecule has 2 aromatic heterocycles. The second kappa shape index (κ2) is 8.95. The fraction of sp³-hybridized carbons (Fsp3) is 0.222. The van der Waals surface area contributed by atoms with E-state index in [1.54, 1.807) is 6.07 Å². The van der Waals surface area contributed by atoms with E-state index in [0.29, 0.717) is 23.3 Å². The van der Waals surface area contributed by atoms with E-state index >= 15 is 0 Å². The maximum absolute atomic E-state index is 13.4. The first kappa shape index (κ1) is 23.1. The Balaban J connectivity index is 1.43. The maximum Gasteiger partial charge on any atom is 0.416 e. The monoisotopic (exact) mass is 503 g/mol. The van der Waals surface area contributed by atoms with Crippen molar-refractivity contribution in [3.05, 3.63) is 88.8 Å². The van der Waals surface area contributed by atoms with E-state index in [-0.39, 0.29) is 5.92 Å². The first-order valence-corrected chi connectivity index (χ1v) is 12.0. The minimum atomic E-state index is -4.41. The number of allylic oxidation sites excluding steroid dienone is 1. The summed E-state index contributed by atoms with van der Waals surface area (Å²) in [4.78, 5) is 9.04. The highest BCUT2D eigenvalue weighted by atomic mass is 19.4. The summed E-state index contributed by atoms with van der Waals surface area (Å²) in [5.74, 6) is 1.96. The van der Waals surface area contributed by atoms with Crippen LogP contribution in [0.1, 0.15) is 47.7 Å². The summed E-state index contributed by atoms with van der Waals surface area (Å²) in [5.41, 5.74) is 5.18. The fourth-order valence-electron chi connectivity index (χ4n) is 4.90. The third kappa shape index (κ3) is 4.87. The Morgan fingerprint density at radius 2 is 1.78 bits per heavy atom. The Bertz CT molecular complexity index is 1490. The van der Waals surface area contributed by atoms with Gasteiger partial charge in [-0.05, 0) is 67.7 Å². The second-order valence-electron chi connectivity index (χ2n) is 9.38. The molecule has 1 aliphatic carbocycles. The van der Waals surface area contributed by atoms with Crippen LogP contribution in [0, 0.1) is 6.92 Å². The normalized spacial score (nSPS) is 18.9. The van der Waals surface area contributed by atoms with Crippen LogP contribution < -0.4 is 16.0 Å². The summed E-state index contributed by atoms with van der Waals surface area (Å²) in [6.07, 6.45) is -1.92. The van der Waals surface area contributed by atoms with Gasteiger partial charge in [-0.15, -0.1) is 0 Å². The first-order chi connectivity index (χ1) is 17.8. The molecule has 188 valence electrons. The molecule has 3 aliphatic rings. The quantitative estimate of drug-likeness (QED) is 0.233. The van der Waals surface area contributed by atoms with Gasteiger partial charge in [0.05, 0.1) is 5.56 Å². The zero-order valence-electron chi connectivity index (χ0n) is 19.9. The predicted octanol–water partition coefficient (Wildman–Crippen LogP) is 7.12. The van der Waals surface area contributed by atoms with Gasteiger partial charge >= 0.3 is 6.18 Å². The summed E-state index contributed by atoms with van der Waals surface area (Å²) in [6.45, 7) is 1.89. The van der Waals surface area contributed by atoms with Crippen molar-refractivity contribution >= 4 is 34.7 Å². The van der Waals surface area contributed by atoms with Gasteiger partial charge in [0.25, 0.3) is 0 Å². The van der Waals surface area contributed by atoms with Crippen molar-refractivity contribution in [3.8, 4) is 0 Å². The van der Waals surface area contributed by atoms with Crippen LogP contribution in [-0.4, -0.2) is 20.2 Å². The number of nitrogens with one attached hydrogen (secondary N) is 4. The van der Waals surface area contributed by atoms with Gasteiger partial charge in [0.2, 0.25) is 5.95 Å². The number of benzene rings is 2. The van der Waals surface area contributed by atoms with Crippen molar-refractivity contribution < 1.29 is 13.2 Å². The summed E-state index contributed by atoms with van der Waals surface area (Å²) in [5, 5.41) is 17.3. The Morgan fingerprint density at radius 1 is 0.946 bits per heavy atom. The van der Waals surface area contributed by atoms with Crippen LogP contribution in [0.2, 0.25) is 0 Å². The molecule has 2 aromatic carbocycles. The van der Waals surface area contributed by atoms with Crippen LogP contribution >= 0.6 is 0 Å². The van der Waals surface area contributed by atoms with Crippen LogP contribution in [0.25, 0.3) is 5.70 Å². The van der Waals surface area contributed by atoms with Gasteiger partial charge in [-0.3, -0.25) is 5.10 Å². The van der Waals surface area contributed by atoms with Crippen LogP contribution in [0.5, 0.6) is 0 Å². The van der Waals surface area contributed by atoms with E-state index in [1.165, 1.54) is 6.07 Å². The molecule has 1 atom stereocenters. The van der Waals surface area contributed by atoms with Gasteiger partial charge in [0.15, 0.2) is 5.82 Å². The van der Waals surface area contributed by atoms with Gasteiger partial charge in [-0.1, -0.05) is 18.2 Å². The lowest BCUT2D eigenvalue weighted by atomic mass is 10.0. The van der Waals surface area contributed by atoms with Crippen molar-refractivity contribution in [3.63, 3.8) is 0 Å². The van der Waals surface area contributed by atoms with E-state index in [2.05, 4.69) is 36.1 Å². The van der Waals surface area contributed by atoms with E-state index in [9.17, 15) is 13.2 Å². The second-order valence-corrected chi connectivity index (χ2v) is 9.38. The third-order valence-corrected chi connectivity index (χ3v) is 6.68. The molecular formula is C27H24F3N7. The molecule has 8 bridgehead atoms. The number of aromatic amines is 1. The number of halogens is 3. The number of hydrogen-bond acceptors (Lipinski definition) is 6. The number of aryl methyl sites for hydroxylation is 1. The highest BCUT2D eigenvalue weighted by Crippen LogP contribution is 2.42. The lowest BCUT2D eigenvalue weighted by molar-refractivity contribution is -0.137. The average Bonchev–Trinajstić information content (AvgIpc) is 3.52. The van der Waals surface area contributed by atoms with Crippen molar-refractivity contribution in [2.24, 2.45) is 0 Å². The van der Waals surface area contributed by atoms with Gasteiger partial charge in [0, 0.05) is 46.5 Å². The standard InChI is InChI=1S/C27H24F3N7/c1-15-11-23-34-24-14-22(36-37-24)17-5-6-18(12-17)25(32-21-4-2-3-19(13-21)27(28,29)30)16-7-9-20(10-8-16)33-26(31-15)35-23/h2-4,7-11,13-14,17,32H,5-6,12H2,1H3,(H3,31,33,34,35,36,37)/b25-18-. The summed E-state index contributed by atoms with van der Waals surface area (Å²) in [6, 6.07) is 16.9. The molecule has 4 heterocycles. The van der Waals surface area contributed by atoms with Crippen molar-refractivity contribution in [1.29, 1.82) is 0 Å². The highest BCUT2D eigenvalue weighted by molar-refractivity contribution is 5.80. The van der Waals surface area contributed by atoms with Crippen LogP contribution in [-0.2, 0) is 6.18 Å². The number of aromatic nitrogens is 4. The molecule has 0 amide bonds. The topological polar surface area (TPSA) is 90.6 Å². The highest BCUT2D eigenvalue weighted by Gasteiger charge is 2.31. The van der Waals surface area contributed by atoms with Gasteiger partial charge in [-0.2, -0.15) is 23.3 Å². The van der Waals surface area contributed by atoms with Crippen LogP contribution in [0.3, 0.4) is 0 Å². The molecule has 0 saturated heterocycles. The number of alkyl halides is 3. The van der Waals surface area contributed by atoms with Crippen LogP contribution in [0.15, 0.2) is 66.2 Å². The molecule has 1 saturated carbocycles. The Hall–Kier alpha value is -4.34. The largest absolute Gasteiger partial charge is 0.416 e. The number of hydrogen-bond donors (Lipinski definition) is 4. The molecule has 0 radical (unpaired) electrons. The fourth-order valence-corrected chi connectivity index (χ4v) is 4.90. The smallest absolute Gasteiger partial charge is 0.355 e. The van der Waals surface area contributed by atoms with Gasteiger partial charge < -0.3 is 16.0 Å². The van der Waals surface area contributed by atoms with E-state index in [1.807, 2.05) is 43.3 Å². The average molecular weight is 504 g/mol. The van der Waals surface area contributed by atoms with Gasteiger partial charge in [0.1, 0.15) is 5.82 Å². The molecule has 1 unspecified atom stereocenters. The number of fused-ring (bicyclic) bond motifs is 2. The van der Waals surface area contributed by atoms with E-state index in [4.69, 9.17) is 0 Å². The number of H-pyrrole nitrogens is 1. The van der Waals surface area contributed by atoms with Crippen molar-refractivity contribution in [2.45, 2.75) is 38.3 Å². The molecule has 7 rings (SSSR count). The molecule has 7 nitrogen and oxygen atoms in total. The van der Waals surface area contributed by atoms with Crippen molar-refractivity contribution in [2.75, 3.05) is 16.0 Å². The van der Waals surface area contributed by atoms with E-state index in [0.717, 1.165) is 65.3 Å². The van der Waals surface area contributed by atoms with Crippen LogP contribution in [0.4, 0.5) is 42.1 Å². The third-order valence-electron chi connectivity index (χ3n) is 6.68. The molecule has 0 spiro atoms. The minimum absolute atomic E-state index is 0.216. The molecule has 37 heavy (non-hydrogen) atoms. The number of anilines is 5. The Morgan fingerprint density at radius 3 is 2.59 bits per heavy atom. The lowest BCUT2D eigenvalue weighted by Gasteiger charge is -2.17.